The second-order valence-electron chi connectivity index (χ2n) is 18.0. The fourth-order valence-corrected chi connectivity index (χ4v) is 7.05. The van der Waals surface area contributed by atoms with E-state index in [0.29, 0.717) is 18.4 Å². The van der Waals surface area contributed by atoms with Crippen LogP contribution in [0.1, 0.15) is 104 Å². The van der Waals surface area contributed by atoms with Crippen LogP contribution in [0.5, 0.6) is 5.75 Å². The van der Waals surface area contributed by atoms with Crippen LogP contribution in [0.2, 0.25) is 0 Å². The van der Waals surface area contributed by atoms with Crippen molar-refractivity contribution in [1.82, 2.24) is 37.2 Å². The van der Waals surface area contributed by atoms with Crippen LogP contribution in [0.4, 0.5) is 0 Å². The second kappa shape index (κ2) is 33.5. The molecule has 0 unspecified atom stereocenters. The highest BCUT2D eigenvalue weighted by Crippen LogP contribution is 2.15. The number of amides is 7. The van der Waals surface area contributed by atoms with Crippen molar-refractivity contribution in [3.63, 3.8) is 0 Å². The monoisotopic (exact) mass is 1040 g/mol. The summed E-state index contributed by atoms with van der Waals surface area (Å²) >= 11 is 0. The van der Waals surface area contributed by atoms with E-state index >= 15 is 0 Å². The molecule has 9 atom stereocenters. The largest absolute Gasteiger partial charge is 0.508 e. The quantitative estimate of drug-likeness (QED) is 0.0178. The maximum Gasteiger partial charge on any atom is 0.326 e. The summed E-state index contributed by atoms with van der Waals surface area (Å²) in [6.07, 6.45) is -1.45. The zero-order valence-corrected chi connectivity index (χ0v) is 41.8. The molecule has 0 saturated heterocycles. The van der Waals surface area contributed by atoms with Gasteiger partial charge in [-0.15, -0.1) is 0 Å². The minimum atomic E-state index is -1.63. The van der Waals surface area contributed by atoms with E-state index < -0.39 is 146 Å². The summed E-state index contributed by atoms with van der Waals surface area (Å²) in [6.45, 7) is 6.15. The van der Waals surface area contributed by atoms with Gasteiger partial charge in [0.1, 0.15) is 54.1 Å². The summed E-state index contributed by atoms with van der Waals surface area (Å²) in [7, 11) is 0. The Kier molecular flexibility index (Phi) is 29.3. The lowest BCUT2D eigenvalue weighted by molar-refractivity contribution is -0.142. The fraction of sp³-hybridized carbons (Fsp3) is 0.630. The van der Waals surface area contributed by atoms with Crippen molar-refractivity contribution in [3.8, 4) is 5.75 Å². The maximum absolute atomic E-state index is 14.2. The Bertz CT molecular complexity index is 2040. The molecular formula is C46H76N12O15. The van der Waals surface area contributed by atoms with Crippen molar-refractivity contribution < 1.29 is 73.5 Å². The number of carbonyl (C=O) groups is 10. The van der Waals surface area contributed by atoms with E-state index in [1.165, 1.54) is 24.3 Å². The SMILES string of the molecule is CC[C@H](C)[C@H](NC(=O)[C@H](CCC(=O)O)NC(=O)[C@H](CC(C)C)NC(=O)[C@H](CCC(=O)O)NC(=O)[C@@H](N)CO)C(=O)N[C@@H](CCCCN)C(=O)N[C@@H](CCCN=C(N)N)C(=O)N[C@@H](Cc1ccc(O)cc1)C(=O)O. The maximum atomic E-state index is 14.2. The highest BCUT2D eigenvalue weighted by molar-refractivity contribution is 5.98. The molecule has 20 N–H and O–H groups in total. The minimum absolute atomic E-state index is 0.0216. The normalized spacial score (nSPS) is 14.7. The Morgan fingerprint density at radius 1 is 0.589 bits per heavy atom. The number of aliphatic imine (C=N–C) groups is 1. The van der Waals surface area contributed by atoms with Crippen LogP contribution in [0, 0.1) is 11.8 Å². The molecule has 0 aliphatic rings. The first-order valence-electron chi connectivity index (χ1n) is 24.0. The van der Waals surface area contributed by atoms with E-state index in [1.54, 1.807) is 27.7 Å². The molecule has 0 radical (unpaired) electrons. The second-order valence-corrected chi connectivity index (χ2v) is 18.0. The number of aromatic hydroxyl groups is 1. The van der Waals surface area contributed by atoms with E-state index in [2.05, 4.69) is 42.2 Å². The first-order valence-corrected chi connectivity index (χ1v) is 24.0. The molecule has 0 aliphatic carbocycles. The van der Waals surface area contributed by atoms with E-state index in [0.717, 1.165) is 0 Å². The van der Waals surface area contributed by atoms with Crippen molar-refractivity contribution in [3.05, 3.63) is 29.8 Å². The van der Waals surface area contributed by atoms with E-state index in [9.17, 15) is 73.5 Å². The lowest BCUT2D eigenvalue weighted by Gasteiger charge is -2.30. The first-order chi connectivity index (χ1) is 34.3. The molecule has 0 fully saturated rings. The standard InChI is InChI=1S/C46H76N12O15/c1-5-25(4)37(58-42(69)32(16-18-36(63)64)54-43(70)33(21-24(2)3)56-41(68)31(15-17-35(61)62)52-38(65)28(48)23-59)44(71)55-29(9-6-7-19-47)39(66)53-30(10-8-20-51-46(49)50)40(67)57-34(45(72)73)22-26-11-13-27(60)14-12-26/h11-14,24-25,28-34,37,59-60H,5-10,15-23,47-48H2,1-4H3,(H,52,65)(H,53,66)(H,54,70)(H,55,71)(H,56,68)(H,57,67)(H,58,69)(H,61,62)(H,63,64)(H,72,73)(H4,49,50,51)/t25-,28-,29-,30-,31-,32-,33-,34-,37-/m0/s1. The van der Waals surface area contributed by atoms with Gasteiger partial charge in [-0.1, -0.05) is 46.2 Å². The molecule has 0 spiro atoms. The Morgan fingerprint density at radius 2 is 1.03 bits per heavy atom. The molecule has 27 nitrogen and oxygen atoms in total. The Hall–Kier alpha value is -7.13. The molecule has 1 rings (SSSR count). The number of phenolic OH excluding ortho intramolecular Hbond substituents is 1. The van der Waals surface area contributed by atoms with Gasteiger partial charge < -0.3 is 85.7 Å². The Morgan fingerprint density at radius 3 is 1.48 bits per heavy atom. The van der Waals surface area contributed by atoms with Crippen molar-refractivity contribution in [2.45, 2.75) is 153 Å². The van der Waals surface area contributed by atoms with Gasteiger partial charge in [0.2, 0.25) is 41.4 Å². The third-order valence-electron chi connectivity index (χ3n) is 11.4. The summed E-state index contributed by atoms with van der Waals surface area (Å²) in [6, 6.07) is -6.06. The number of nitrogens with zero attached hydrogens (tertiary/aromatic N) is 1. The molecule has 0 bridgehead atoms. The van der Waals surface area contributed by atoms with Crippen LogP contribution >= 0.6 is 0 Å². The number of unbranched alkanes of at least 4 members (excludes halogenated alkanes) is 1. The van der Waals surface area contributed by atoms with Crippen molar-refractivity contribution in [2.75, 3.05) is 19.7 Å². The topological polar surface area (TPSA) is 472 Å². The summed E-state index contributed by atoms with van der Waals surface area (Å²) < 4.78 is 0. The summed E-state index contributed by atoms with van der Waals surface area (Å²) in [4.78, 5) is 135. The van der Waals surface area contributed by atoms with E-state index in [4.69, 9.17) is 22.9 Å². The zero-order chi connectivity index (χ0) is 55.4. The number of aliphatic hydroxyl groups excluding tert-OH is 1. The number of carbonyl (C=O) groups excluding carboxylic acids is 7. The molecule has 7 amide bonds. The number of benzene rings is 1. The van der Waals surface area contributed by atoms with Crippen LogP contribution in [-0.4, -0.2) is 159 Å². The van der Waals surface area contributed by atoms with E-state index in [1.807, 2.05) is 0 Å². The van der Waals surface area contributed by atoms with Gasteiger partial charge in [-0.3, -0.25) is 48.1 Å². The number of carboxylic acids is 3. The third kappa shape index (κ3) is 25.2. The number of aliphatic carboxylic acids is 3. The Balaban J connectivity index is 3.54. The summed E-state index contributed by atoms with van der Waals surface area (Å²) in [5.41, 5.74) is 22.7. The predicted molar refractivity (Wildman–Crippen MR) is 263 cm³/mol. The van der Waals surface area contributed by atoms with Crippen LogP contribution in [0.15, 0.2) is 29.3 Å². The molecular weight excluding hydrogens is 961 g/mol. The van der Waals surface area contributed by atoms with Crippen LogP contribution in [-0.2, 0) is 54.4 Å². The molecule has 0 saturated carbocycles. The number of guanidine groups is 1. The molecule has 27 heteroatoms. The lowest BCUT2D eigenvalue weighted by Crippen LogP contribution is -2.61. The van der Waals surface area contributed by atoms with Gasteiger partial charge in [0, 0.05) is 25.8 Å². The number of phenols is 1. The number of aliphatic hydroxyl groups is 1. The van der Waals surface area contributed by atoms with Gasteiger partial charge in [-0.2, -0.15) is 0 Å². The number of nitrogens with two attached hydrogens (primary N) is 4. The average molecular weight is 1040 g/mol. The van der Waals surface area contributed by atoms with Crippen molar-refractivity contribution >= 4 is 65.2 Å². The molecule has 1 aromatic rings. The molecule has 1 aromatic carbocycles. The highest BCUT2D eigenvalue weighted by atomic mass is 16.4. The van der Waals surface area contributed by atoms with Crippen LogP contribution < -0.4 is 60.2 Å². The highest BCUT2D eigenvalue weighted by Gasteiger charge is 2.36. The van der Waals surface area contributed by atoms with Gasteiger partial charge in [-0.05, 0) is 87.4 Å². The molecule has 410 valence electrons. The Labute approximate surface area is 423 Å². The van der Waals surface area contributed by atoms with Gasteiger partial charge in [0.15, 0.2) is 5.96 Å². The van der Waals surface area contributed by atoms with Crippen molar-refractivity contribution in [1.29, 1.82) is 0 Å². The number of carboxylic acid groups (broad SMARTS) is 3. The average Bonchev–Trinajstić information content (AvgIpc) is 3.32. The van der Waals surface area contributed by atoms with Gasteiger partial charge in [-0.25, -0.2) is 4.79 Å². The molecule has 0 aromatic heterocycles. The van der Waals surface area contributed by atoms with Crippen LogP contribution in [0.3, 0.4) is 0 Å². The number of hydrogen-bond donors (Lipinski definition) is 16. The lowest BCUT2D eigenvalue weighted by atomic mass is 9.96. The van der Waals surface area contributed by atoms with Gasteiger partial charge >= 0.3 is 17.9 Å². The zero-order valence-electron chi connectivity index (χ0n) is 41.8. The molecule has 0 aliphatic heterocycles. The smallest absolute Gasteiger partial charge is 0.326 e. The van der Waals surface area contributed by atoms with Crippen LogP contribution in [0.25, 0.3) is 0 Å². The number of hydrogen-bond acceptors (Lipinski definition) is 15. The minimum Gasteiger partial charge on any atom is -0.508 e. The summed E-state index contributed by atoms with van der Waals surface area (Å²) in [5, 5.41) is 65.2. The van der Waals surface area contributed by atoms with E-state index in [-0.39, 0.29) is 69.2 Å². The van der Waals surface area contributed by atoms with Crippen molar-refractivity contribution in [2.24, 2.45) is 39.8 Å². The first kappa shape index (κ1) is 63.9. The summed E-state index contributed by atoms with van der Waals surface area (Å²) in [5.74, 6) is -11.9. The van der Waals surface area contributed by atoms with Gasteiger partial charge in [0.25, 0.3) is 0 Å². The molecule has 0 heterocycles. The predicted octanol–water partition coefficient (Wildman–Crippen LogP) is -3.26. The number of nitrogens with one attached hydrogen (secondary N) is 7. The molecule has 73 heavy (non-hydrogen) atoms. The third-order valence-corrected chi connectivity index (χ3v) is 11.4. The van der Waals surface area contributed by atoms with Gasteiger partial charge in [0.05, 0.1) is 6.61 Å². The number of rotatable bonds is 36. The fourth-order valence-electron chi connectivity index (χ4n) is 7.05.